The molecule has 0 radical (unpaired) electrons. The van der Waals surface area contributed by atoms with Gasteiger partial charge in [0.2, 0.25) is 5.76 Å². The Balaban J connectivity index is 3.59. The summed E-state index contributed by atoms with van der Waals surface area (Å²) >= 11 is 0. The van der Waals surface area contributed by atoms with Crippen LogP contribution in [0.3, 0.4) is 0 Å². The van der Waals surface area contributed by atoms with E-state index in [2.05, 4.69) is 4.99 Å². The highest BCUT2D eigenvalue weighted by Crippen LogP contribution is 1.99. The Morgan fingerprint density at radius 2 is 2.30 bits per heavy atom. The second kappa shape index (κ2) is 5.03. The Morgan fingerprint density at radius 3 is 2.70 bits per heavy atom. The van der Waals surface area contributed by atoms with Crippen LogP contribution in [-0.2, 0) is 0 Å². The maximum Gasteiger partial charge on any atom is 0.221 e. The maximum atomic E-state index is 7.11. The first kappa shape index (κ1) is 9.21. The number of rotatable bonds is 3. The monoisotopic (exact) mass is 142 g/mol. The fourth-order valence-corrected chi connectivity index (χ4v) is 0.663. The zero-order valence-corrected chi connectivity index (χ0v) is 6.89. The van der Waals surface area contributed by atoms with Crippen molar-refractivity contribution in [2.45, 2.75) is 33.2 Å². The van der Waals surface area contributed by atoms with Gasteiger partial charge in [0.15, 0.2) is 0 Å². The predicted octanol–water partition coefficient (Wildman–Crippen LogP) is 1.48. The van der Waals surface area contributed by atoms with Crippen LogP contribution in [0.5, 0.6) is 0 Å². The van der Waals surface area contributed by atoms with Gasteiger partial charge >= 0.3 is 0 Å². The number of nitrogens with zero attached hydrogens (tertiary/aromatic N) is 1. The fourth-order valence-electron chi connectivity index (χ4n) is 0.663. The molecule has 58 valence electrons. The molecule has 0 aromatic carbocycles. The number of hydrogen-bond donors (Lipinski definition) is 0. The molecule has 0 aromatic rings. The first-order chi connectivity index (χ1) is 4.66. The molecule has 0 fully saturated rings. The Kier molecular flexibility index (Phi) is 4.63. The van der Waals surface area contributed by atoms with Crippen molar-refractivity contribution in [1.82, 2.24) is 0 Å². The molecule has 0 bridgehead atoms. The number of allylic oxidation sites excluding steroid dienone is 1. The van der Waals surface area contributed by atoms with Gasteiger partial charge in [0.1, 0.15) is 0 Å². The van der Waals surface area contributed by atoms with Crippen molar-refractivity contribution in [3.63, 3.8) is 0 Å². The van der Waals surface area contributed by atoms with E-state index in [1.807, 2.05) is 19.9 Å². The van der Waals surface area contributed by atoms with Crippen molar-refractivity contribution in [2.24, 2.45) is 4.99 Å². The Hall–Kier alpha value is -0.790. The van der Waals surface area contributed by atoms with Crippen LogP contribution in [0.15, 0.2) is 16.8 Å². The summed E-state index contributed by atoms with van der Waals surface area (Å²) < 4.78 is 0. The Morgan fingerprint density at radius 1 is 1.70 bits per heavy atom. The zero-order chi connectivity index (χ0) is 7.98. The van der Waals surface area contributed by atoms with Crippen molar-refractivity contribution in [3.8, 4) is 0 Å². The molecule has 0 unspecified atom stereocenters. The molecule has 10 heavy (non-hydrogen) atoms. The Labute approximate surface area is 62.3 Å². The van der Waals surface area contributed by atoms with Gasteiger partial charge in [-0.15, -0.1) is 0 Å². The first-order valence-corrected chi connectivity index (χ1v) is 3.53. The van der Waals surface area contributed by atoms with Gasteiger partial charge in [-0.25, -0.2) is 0 Å². The highest BCUT2D eigenvalue weighted by atomic mass is 16.3. The normalized spacial score (nSPS) is 16.1. The van der Waals surface area contributed by atoms with Gasteiger partial charge in [-0.1, -0.05) is 0 Å². The van der Waals surface area contributed by atoms with E-state index >= 15 is 0 Å². The van der Waals surface area contributed by atoms with E-state index in [0.717, 1.165) is 6.42 Å². The lowest BCUT2D eigenvalue weighted by atomic mass is 10.2. The number of hydrogen-bond acceptors (Lipinski definition) is 1. The molecule has 0 aromatic heterocycles. The van der Waals surface area contributed by atoms with Gasteiger partial charge in [0.25, 0.3) is 0 Å². The second-order valence-corrected chi connectivity index (χ2v) is 2.38. The lowest BCUT2D eigenvalue weighted by Crippen LogP contribution is -1.95. The summed E-state index contributed by atoms with van der Waals surface area (Å²) in [7, 11) is 0. The van der Waals surface area contributed by atoms with Crippen molar-refractivity contribution in [3.05, 3.63) is 11.8 Å². The van der Waals surface area contributed by atoms with Crippen LogP contribution in [0.2, 0.25) is 0 Å². The van der Waals surface area contributed by atoms with E-state index in [-0.39, 0.29) is 0 Å². The molecule has 2 nitrogen and oxygen atoms in total. The van der Waals surface area contributed by atoms with Crippen LogP contribution in [0.25, 0.3) is 0 Å². The average Bonchev–Trinajstić information content (AvgIpc) is 1.85. The van der Waals surface area contributed by atoms with E-state index in [1.54, 1.807) is 13.1 Å². The summed E-state index contributed by atoms with van der Waals surface area (Å²) in [5.41, 5.74) is 0. The van der Waals surface area contributed by atoms with E-state index in [9.17, 15) is 0 Å². The highest BCUT2D eigenvalue weighted by Gasteiger charge is 1.94. The molecule has 0 aliphatic carbocycles. The standard InChI is InChI=1S/C8H15NO/c1-4-9-7(2)5-6-8(3)10/h4,6-7,10H,5H2,1-3H3/p+1/b8-6+,9-4?/t7-/m0/s1. The SMILES string of the molecule is CC=N[C@@H](C)C/C=C(\C)[OH2+]. The van der Waals surface area contributed by atoms with Gasteiger partial charge in [0.05, 0.1) is 6.04 Å². The molecule has 0 rings (SSSR count). The van der Waals surface area contributed by atoms with Crippen LogP contribution in [0, 0.1) is 0 Å². The fraction of sp³-hybridized carbons (Fsp3) is 0.625. The van der Waals surface area contributed by atoms with E-state index in [1.165, 1.54) is 0 Å². The van der Waals surface area contributed by atoms with Gasteiger partial charge in [-0.2, -0.15) is 0 Å². The summed E-state index contributed by atoms with van der Waals surface area (Å²) in [6.07, 6.45) is 4.56. The lowest BCUT2D eigenvalue weighted by Gasteiger charge is -1.98. The molecule has 0 aliphatic rings. The van der Waals surface area contributed by atoms with Crippen LogP contribution >= 0.6 is 0 Å². The van der Waals surface area contributed by atoms with E-state index in [4.69, 9.17) is 5.11 Å². The molecule has 0 amide bonds. The van der Waals surface area contributed by atoms with Crippen LogP contribution in [0.4, 0.5) is 0 Å². The molecular formula is C8H16NO+. The highest BCUT2D eigenvalue weighted by molar-refractivity contribution is 5.53. The quantitative estimate of drug-likeness (QED) is 0.325. The minimum Gasteiger partial charge on any atom is -0.597 e. The van der Waals surface area contributed by atoms with Gasteiger partial charge < -0.3 is 5.11 Å². The van der Waals surface area contributed by atoms with E-state index in [0.29, 0.717) is 11.8 Å². The smallest absolute Gasteiger partial charge is 0.221 e. The molecule has 0 heterocycles. The largest absolute Gasteiger partial charge is 0.597 e. The minimum absolute atomic E-state index is 0.324. The lowest BCUT2D eigenvalue weighted by molar-refractivity contribution is 0.410. The van der Waals surface area contributed by atoms with Crippen LogP contribution in [-0.4, -0.2) is 17.4 Å². The summed E-state index contributed by atoms with van der Waals surface area (Å²) in [6, 6.07) is 0.324. The predicted molar refractivity (Wildman–Crippen MR) is 45.6 cm³/mol. The molecular weight excluding hydrogens is 126 g/mol. The van der Waals surface area contributed by atoms with E-state index < -0.39 is 0 Å². The van der Waals surface area contributed by atoms with Crippen LogP contribution < -0.4 is 0 Å². The number of aliphatic imine (C=N–C) groups is 1. The summed E-state index contributed by atoms with van der Waals surface area (Å²) in [5.74, 6) is 0.623. The van der Waals surface area contributed by atoms with Crippen LogP contribution in [0.1, 0.15) is 27.2 Å². The summed E-state index contributed by atoms with van der Waals surface area (Å²) in [4.78, 5) is 4.14. The van der Waals surface area contributed by atoms with Crippen molar-refractivity contribution in [1.29, 1.82) is 0 Å². The second-order valence-electron chi connectivity index (χ2n) is 2.38. The maximum absolute atomic E-state index is 7.11. The third-order valence-electron chi connectivity index (χ3n) is 1.17. The van der Waals surface area contributed by atoms with Crippen molar-refractivity contribution < 1.29 is 5.11 Å². The molecule has 0 spiro atoms. The third-order valence-corrected chi connectivity index (χ3v) is 1.17. The topological polar surface area (TPSA) is 35.3 Å². The molecule has 1 atom stereocenters. The van der Waals surface area contributed by atoms with Gasteiger partial charge in [-0.05, 0) is 26.5 Å². The molecule has 0 saturated carbocycles. The Bertz CT molecular complexity index is 134. The summed E-state index contributed by atoms with van der Waals surface area (Å²) in [5, 5.41) is 7.11. The van der Waals surface area contributed by atoms with Crippen molar-refractivity contribution >= 4 is 6.21 Å². The zero-order valence-electron chi connectivity index (χ0n) is 6.89. The van der Waals surface area contributed by atoms with Gasteiger partial charge in [-0.3, -0.25) is 4.99 Å². The molecule has 2 N–H and O–H groups in total. The van der Waals surface area contributed by atoms with Crippen molar-refractivity contribution in [2.75, 3.05) is 0 Å². The third kappa shape index (κ3) is 5.35. The minimum atomic E-state index is 0.324. The average molecular weight is 142 g/mol. The molecule has 0 saturated heterocycles. The molecule has 0 aliphatic heterocycles. The molecule has 2 heteroatoms. The first-order valence-electron chi connectivity index (χ1n) is 3.53. The van der Waals surface area contributed by atoms with Gasteiger partial charge in [0, 0.05) is 13.0 Å². The summed E-state index contributed by atoms with van der Waals surface area (Å²) in [6.45, 7) is 5.73.